The van der Waals surface area contributed by atoms with E-state index in [4.69, 9.17) is 0 Å². The molecule has 0 saturated carbocycles. The first-order valence-corrected chi connectivity index (χ1v) is 8.78. The van der Waals surface area contributed by atoms with Crippen molar-refractivity contribution in [3.05, 3.63) is 71.4 Å². The van der Waals surface area contributed by atoms with E-state index in [0.29, 0.717) is 21.0 Å². The summed E-state index contributed by atoms with van der Waals surface area (Å²) in [5, 5.41) is 2.81. The third kappa shape index (κ3) is 3.81. The summed E-state index contributed by atoms with van der Waals surface area (Å²) >= 11 is 1.23. The van der Waals surface area contributed by atoms with Crippen LogP contribution in [-0.2, 0) is 4.79 Å². The minimum absolute atomic E-state index is 0.0685. The maximum absolute atomic E-state index is 13.9. The molecule has 0 fully saturated rings. The summed E-state index contributed by atoms with van der Waals surface area (Å²) in [6.45, 7) is 1.49. The number of thiophene rings is 1. The van der Waals surface area contributed by atoms with Gasteiger partial charge < -0.3 is 10.2 Å². The van der Waals surface area contributed by atoms with E-state index in [1.54, 1.807) is 61.6 Å². The lowest BCUT2D eigenvalue weighted by atomic mass is 10.2. The number of hydrogen-bond donors (Lipinski definition) is 1. The molecule has 6 heteroatoms. The van der Waals surface area contributed by atoms with Crippen molar-refractivity contribution in [2.75, 3.05) is 17.3 Å². The van der Waals surface area contributed by atoms with Crippen molar-refractivity contribution >= 4 is 34.5 Å². The van der Waals surface area contributed by atoms with Crippen LogP contribution in [0.5, 0.6) is 0 Å². The molecular formula is C20H17FN2O2S. The Morgan fingerprint density at radius 2 is 1.69 bits per heavy atom. The van der Waals surface area contributed by atoms with Crippen LogP contribution in [0.25, 0.3) is 10.4 Å². The molecule has 0 aliphatic heterocycles. The Labute approximate surface area is 154 Å². The average Bonchev–Trinajstić information content (AvgIpc) is 3.12. The van der Waals surface area contributed by atoms with Gasteiger partial charge in [0.1, 0.15) is 5.82 Å². The lowest BCUT2D eigenvalue weighted by Gasteiger charge is -2.15. The van der Waals surface area contributed by atoms with E-state index in [1.807, 2.05) is 0 Å². The van der Waals surface area contributed by atoms with Gasteiger partial charge in [-0.2, -0.15) is 0 Å². The van der Waals surface area contributed by atoms with Gasteiger partial charge in [0.2, 0.25) is 5.91 Å². The fourth-order valence-electron chi connectivity index (χ4n) is 2.41. The summed E-state index contributed by atoms with van der Waals surface area (Å²) in [6, 6.07) is 16.9. The molecule has 3 aromatic rings. The van der Waals surface area contributed by atoms with E-state index < -0.39 is 0 Å². The Bertz CT molecular complexity index is 950. The second-order valence-corrected chi connectivity index (χ2v) is 6.81. The monoisotopic (exact) mass is 368 g/mol. The number of benzene rings is 2. The van der Waals surface area contributed by atoms with E-state index >= 15 is 0 Å². The van der Waals surface area contributed by atoms with Crippen LogP contribution in [0.1, 0.15) is 16.6 Å². The SMILES string of the molecule is CC(=O)N(C)c1ccc(NC(=O)c2ccc(-c3ccccc3F)s2)cc1. The van der Waals surface area contributed by atoms with Crippen LogP contribution in [0.3, 0.4) is 0 Å². The number of carbonyl (C=O) groups excluding carboxylic acids is 2. The smallest absolute Gasteiger partial charge is 0.265 e. The van der Waals surface area contributed by atoms with E-state index in [9.17, 15) is 14.0 Å². The van der Waals surface area contributed by atoms with Gasteiger partial charge in [0.25, 0.3) is 5.91 Å². The molecule has 1 heterocycles. The number of nitrogens with one attached hydrogen (secondary N) is 1. The molecule has 0 saturated heterocycles. The summed E-state index contributed by atoms with van der Waals surface area (Å²) in [5.41, 5.74) is 1.85. The maximum Gasteiger partial charge on any atom is 0.265 e. The summed E-state index contributed by atoms with van der Waals surface area (Å²) in [7, 11) is 1.69. The first kappa shape index (κ1) is 17.8. The predicted molar refractivity (Wildman–Crippen MR) is 103 cm³/mol. The van der Waals surface area contributed by atoms with Gasteiger partial charge in [0.15, 0.2) is 0 Å². The zero-order chi connectivity index (χ0) is 18.7. The number of nitrogens with zero attached hydrogens (tertiary/aromatic N) is 1. The van der Waals surface area contributed by atoms with E-state index in [2.05, 4.69) is 5.32 Å². The highest BCUT2D eigenvalue weighted by Gasteiger charge is 2.13. The summed E-state index contributed by atoms with van der Waals surface area (Å²) in [6.07, 6.45) is 0. The molecule has 1 N–H and O–H groups in total. The van der Waals surface area contributed by atoms with Crippen LogP contribution in [0.2, 0.25) is 0 Å². The second kappa shape index (κ2) is 7.49. The molecule has 1 aromatic heterocycles. The fraction of sp³-hybridized carbons (Fsp3) is 0.100. The molecule has 0 aliphatic carbocycles. The molecule has 26 heavy (non-hydrogen) atoms. The zero-order valence-electron chi connectivity index (χ0n) is 14.3. The van der Waals surface area contributed by atoms with Gasteiger partial charge in [-0.1, -0.05) is 18.2 Å². The average molecular weight is 368 g/mol. The molecule has 132 valence electrons. The Kier molecular flexibility index (Phi) is 5.14. The first-order chi connectivity index (χ1) is 12.5. The van der Waals surface area contributed by atoms with Crippen molar-refractivity contribution in [2.45, 2.75) is 6.92 Å². The normalized spacial score (nSPS) is 10.4. The molecule has 0 atom stereocenters. The van der Waals surface area contributed by atoms with Crippen molar-refractivity contribution in [1.82, 2.24) is 0 Å². The van der Waals surface area contributed by atoms with Crippen LogP contribution in [0.4, 0.5) is 15.8 Å². The van der Waals surface area contributed by atoms with Gasteiger partial charge >= 0.3 is 0 Å². The van der Waals surface area contributed by atoms with Crippen LogP contribution in [0.15, 0.2) is 60.7 Å². The van der Waals surface area contributed by atoms with Crippen molar-refractivity contribution in [3.63, 3.8) is 0 Å². The minimum Gasteiger partial charge on any atom is -0.321 e. The molecule has 0 spiro atoms. The van der Waals surface area contributed by atoms with Crippen molar-refractivity contribution < 1.29 is 14.0 Å². The molecule has 0 bridgehead atoms. The van der Waals surface area contributed by atoms with Gasteiger partial charge in [0.05, 0.1) is 4.88 Å². The number of rotatable bonds is 4. The molecular weight excluding hydrogens is 351 g/mol. The fourth-order valence-corrected chi connectivity index (χ4v) is 3.34. The van der Waals surface area contributed by atoms with Crippen molar-refractivity contribution in [2.24, 2.45) is 0 Å². The van der Waals surface area contributed by atoms with Crippen molar-refractivity contribution in [3.8, 4) is 10.4 Å². The van der Waals surface area contributed by atoms with Crippen molar-refractivity contribution in [1.29, 1.82) is 0 Å². The van der Waals surface area contributed by atoms with E-state index in [-0.39, 0.29) is 17.6 Å². The third-order valence-corrected chi connectivity index (χ3v) is 5.07. The molecule has 0 aliphatic rings. The molecule has 0 radical (unpaired) electrons. The van der Waals surface area contributed by atoms with Gasteiger partial charge in [-0.05, 0) is 42.5 Å². The lowest BCUT2D eigenvalue weighted by Crippen LogP contribution is -2.22. The molecule has 3 rings (SSSR count). The summed E-state index contributed by atoms with van der Waals surface area (Å²) in [5.74, 6) is -0.641. The molecule has 0 unspecified atom stereocenters. The Balaban J connectivity index is 1.73. The molecule has 4 nitrogen and oxygen atoms in total. The van der Waals surface area contributed by atoms with Crippen LogP contribution in [0, 0.1) is 5.82 Å². The molecule has 2 amide bonds. The number of anilines is 2. The topological polar surface area (TPSA) is 49.4 Å². The molecule has 2 aromatic carbocycles. The summed E-state index contributed by atoms with van der Waals surface area (Å²) < 4.78 is 13.9. The minimum atomic E-state index is -0.313. The van der Waals surface area contributed by atoms with E-state index in [0.717, 1.165) is 5.69 Å². The van der Waals surface area contributed by atoms with Gasteiger partial charge in [0, 0.05) is 35.8 Å². The largest absolute Gasteiger partial charge is 0.321 e. The Morgan fingerprint density at radius 3 is 2.35 bits per heavy atom. The van der Waals surface area contributed by atoms with Gasteiger partial charge in [-0.25, -0.2) is 4.39 Å². The highest BCUT2D eigenvalue weighted by molar-refractivity contribution is 7.17. The van der Waals surface area contributed by atoms with Gasteiger partial charge in [-0.15, -0.1) is 11.3 Å². The van der Waals surface area contributed by atoms with Gasteiger partial charge in [-0.3, -0.25) is 9.59 Å². The number of hydrogen-bond acceptors (Lipinski definition) is 3. The third-order valence-electron chi connectivity index (χ3n) is 3.95. The first-order valence-electron chi connectivity index (χ1n) is 7.96. The zero-order valence-corrected chi connectivity index (χ0v) is 15.1. The quantitative estimate of drug-likeness (QED) is 0.720. The Morgan fingerprint density at radius 1 is 1.00 bits per heavy atom. The van der Waals surface area contributed by atoms with Crippen LogP contribution in [-0.4, -0.2) is 18.9 Å². The second-order valence-electron chi connectivity index (χ2n) is 5.72. The summed E-state index contributed by atoms with van der Waals surface area (Å²) in [4.78, 5) is 26.5. The van der Waals surface area contributed by atoms with E-state index in [1.165, 1.54) is 29.2 Å². The highest BCUT2D eigenvalue weighted by Crippen LogP contribution is 2.30. The lowest BCUT2D eigenvalue weighted by molar-refractivity contribution is -0.116. The maximum atomic E-state index is 13.9. The number of amides is 2. The van der Waals surface area contributed by atoms with Crippen LogP contribution >= 0.6 is 11.3 Å². The van der Waals surface area contributed by atoms with Crippen LogP contribution < -0.4 is 10.2 Å². The number of carbonyl (C=O) groups is 2. The highest BCUT2D eigenvalue weighted by atomic mass is 32.1. The predicted octanol–water partition coefficient (Wildman–Crippen LogP) is 4.79. The Hall–Kier alpha value is -2.99. The standard InChI is InChI=1S/C20H17FN2O2S/c1-13(24)23(2)15-9-7-14(8-10-15)22-20(25)19-12-11-18(26-19)16-5-3-4-6-17(16)21/h3-12H,1-2H3,(H,22,25). The number of halogens is 1.